The third kappa shape index (κ3) is 4.25. The quantitative estimate of drug-likeness (QED) is 0.605. The number of nitrogens with one attached hydrogen (secondary N) is 2. The van der Waals surface area contributed by atoms with Crippen LogP contribution in [0.1, 0.15) is 17.0 Å². The number of aromatic nitrogens is 4. The van der Waals surface area contributed by atoms with Crippen molar-refractivity contribution in [2.24, 2.45) is 0 Å². The molecule has 2 N–H and O–H groups in total. The highest BCUT2D eigenvalue weighted by Gasteiger charge is 2.37. The van der Waals surface area contributed by atoms with Crippen LogP contribution in [0.15, 0.2) is 30.7 Å². The number of aromatic amines is 1. The molecule has 1 aromatic carbocycles. The van der Waals surface area contributed by atoms with Crippen molar-refractivity contribution in [3.63, 3.8) is 0 Å². The molecule has 0 aliphatic carbocycles. The number of hydrogen-bond donors (Lipinski definition) is 2. The first-order valence-corrected chi connectivity index (χ1v) is 9.49. The number of hydrogen-bond acceptors (Lipinski definition) is 5. The fraction of sp³-hybridized carbons (Fsp3) is 0.278. The summed E-state index contributed by atoms with van der Waals surface area (Å²) in [5.74, 6) is -0.132. The van der Waals surface area contributed by atoms with E-state index < -0.39 is 11.7 Å². The van der Waals surface area contributed by atoms with E-state index in [1.807, 2.05) is 0 Å². The average Bonchev–Trinajstić information content (AvgIpc) is 3.02. The van der Waals surface area contributed by atoms with Gasteiger partial charge >= 0.3 is 6.18 Å². The van der Waals surface area contributed by atoms with E-state index in [0.717, 1.165) is 17.6 Å². The number of alkyl halides is 3. The number of nitrogens with zero attached hydrogens (tertiary/aromatic N) is 4. The molecule has 0 spiro atoms. The monoisotopic (exact) mass is 442 g/mol. The van der Waals surface area contributed by atoms with Gasteiger partial charge in [0.2, 0.25) is 5.95 Å². The molecule has 0 fully saturated rings. The van der Waals surface area contributed by atoms with Crippen molar-refractivity contribution in [2.75, 3.05) is 23.3 Å². The van der Waals surface area contributed by atoms with Crippen LogP contribution in [0.3, 0.4) is 0 Å². The summed E-state index contributed by atoms with van der Waals surface area (Å²) >= 11 is 11.9. The first-order valence-electron chi connectivity index (χ1n) is 8.73. The number of benzene rings is 1. The zero-order valence-electron chi connectivity index (χ0n) is 14.9. The largest absolute Gasteiger partial charge is 0.421 e. The molecule has 4 rings (SSSR count). The summed E-state index contributed by atoms with van der Waals surface area (Å²) in [7, 11) is 0. The smallest absolute Gasteiger partial charge is 0.355 e. The minimum atomic E-state index is -4.57. The predicted octanol–water partition coefficient (Wildman–Crippen LogP) is 4.87. The lowest BCUT2D eigenvalue weighted by Gasteiger charge is -2.25. The third-order valence-electron chi connectivity index (χ3n) is 4.61. The molecule has 152 valence electrons. The van der Waals surface area contributed by atoms with E-state index in [9.17, 15) is 13.2 Å². The summed E-state index contributed by atoms with van der Waals surface area (Å²) in [6.07, 6.45) is -1.10. The topological polar surface area (TPSA) is 69.7 Å². The second kappa shape index (κ2) is 7.72. The van der Waals surface area contributed by atoms with Crippen LogP contribution in [0.4, 0.5) is 30.6 Å². The van der Waals surface area contributed by atoms with Gasteiger partial charge in [0.15, 0.2) is 0 Å². The molecule has 6 nitrogen and oxygen atoms in total. The highest BCUT2D eigenvalue weighted by molar-refractivity contribution is 6.42. The first-order chi connectivity index (χ1) is 13.8. The Kier molecular flexibility index (Phi) is 5.26. The van der Waals surface area contributed by atoms with Crippen molar-refractivity contribution < 1.29 is 13.2 Å². The Morgan fingerprint density at radius 2 is 1.86 bits per heavy atom. The van der Waals surface area contributed by atoms with Gasteiger partial charge in [0.1, 0.15) is 11.4 Å². The molecule has 0 bridgehead atoms. The van der Waals surface area contributed by atoms with Gasteiger partial charge in [-0.15, -0.1) is 0 Å². The molecular formula is C18H15Cl2F3N6. The second-order valence-electron chi connectivity index (χ2n) is 6.50. The Bertz CT molecular complexity index is 1010. The van der Waals surface area contributed by atoms with E-state index in [0.29, 0.717) is 41.7 Å². The minimum Gasteiger partial charge on any atom is -0.355 e. The van der Waals surface area contributed by atoms with Gasteiger partial charge in [-0.3, -0.25) is 0 Å². The van der Waals surface area contributed by atoms with Crippen molar-refractivity contribution in [3.8, 4) is 0 Å². The van der Waals surface area contributed by atoms with Crippen molar-refractivity contribution in [1.82, 2.24) is 19.9 Å². The summed E-state index contributed by atoms with van der Waals surface area (Å²) in [5, 5.41) is 3.56. The van der Waals surface area contributed by atoms with E-state index in [2.05, 4.69) is 25.3 Å². The standard InChI is InChI=1S/C18H15Cl2F3N6/c19-12-2-1-10(7-13(12)20)27-17-24-8-11(18(21,22)23)16(28-17)29-5-3-14-15(4-6-29)26-9-25-14/h1-2,7-9H,3-6H2,(H,25,26)(H,24,27,28). The van der Waals surface area contributed by atoms with Crippen LogP contribution in [0, 0.1) is 0 Å². The number of H-pyrrole nitrogens is 1. The Balaban J connectivity index is 1.66. The maximum Gasteiger partial charge on any atom is 0.421 e. The van der Waals surface area contributed by atoms with Crippen molar-refractivity contribution >= 4 is 40.7 Å². The maximum absolute atomic E-state index is 13.6. The molecule has 1 aliphatic heterocycles. The summed E-state index contributed by atoms with van der Waals surface area (Å²) < 4.78 is 40.8. The van der Waals surface area contributed by atoms with Gasteiger partial charge in [-0.2, -0.15) is 18.2 Å². The number of imidazole rings is 1. The summed E-state index contributed by atoms with van der Waals surface area (Å²) in [6, 6.07) is 4.76. The van der Waals surface area contributed by atoms with E-state index in [1.54, 1.807) is 29.4 Å². The Morgan fingerprint density at radius 3 is 2.62 bits per heavy atom. The lowest BCUT2D eigenvalue weighted by molar-refractivity contribution is -0.137. The van der Waals surface area contributed by atoms with Crippen LogP contribution in [-0.2, 0) is 19.0 Å². The molecule has 3 aromatic rings. The average molecular weight is 443 g/mol. The highest BCUT2D eigenvalue weighted by atomic mass is 35.5. The number of rotatable bonds is 3. The number of fused-ring (bicyclic) bond motifs is 1. The number of halogens is 5. The second-order valence-corrected chi connectivity index (χ2v) is 7.31. The summed E-state index contributed by atoms with van der Waals surface area (Å²) in [5.41, 5.74) is 1.43. The zero-order chi connectivity index (χ0) is 20.6. The van der Waals surface area contributed by atoms with Gasteiger partial charge in [0.05, 0.1) is 22.1 Å². The molecule has 0 saturated heterocycles. The van der Waals surface area contributed by atoms with Crippen molar-refractivity contribution in [1.29, 1.82) is 0 Å². The molecule has 2 aromatic heterocycles. The molecule has 0 radical (unpaired) electrons. The molecule has 0 saturated carbocycles. The lowest BCUT2D eigenvalue weighted by Crippen LogP contribution is -2.30. The molecule has 0 unspecified atom stereocenters. The minimum absolute atomic E-state index is 0.0345. The van der Waals surface area contributed by atoms with Gasteiger partial charge in [0.25, 0.3) is 0 Å². The molecule has 1 aliphatic rings. The van der Waals surface area contributed by atoms with E-state index in [-0.39, 0.29) is 11.8 Å². The van der Waals surface area contributed by atoms with Crippen LogP contribution in [0.2, 0.25) is 10.0 Å². The van der Waals surface area contributed by atoms with Crippen molar-refractivity contribution in [2.45, 2.75) is 19.0 Å². The van der Waals surface area contributed by atoms with E-state index >= 15 is 0 Å². The molecule has 3 heterocycles. The van der Waals surface area contributed by atoms with Gasteiger partial charge in [-0.25, -0.2) is 9.97 Å². The first kappa shape index (κ1) is 19.8. The van der Waals surface area contributed by atoms with E-state index in [1.165, 1.54) is 0 Å². The third-order valence-corrected chi connectivity index (χ3v) is 5.35. The van der Waals surface area contributed by atoms with Crippen LogP contribution < -0.4 is 10.2 Å². The molecule has 29 heavy (non-hydrogen) atoms. The fourth-order valence-corrected chi connectivity index (χ4v) is 3.47. The van der Waals surface area contributed by atoms with Crippen LogP contribution in [-0.4, -0.2) is 33.0 Å². The summed E-state index contributed by atoms with van der Waals surface area (Å²) in [6.45, 7) is 0.742. The Hall–Kier alpha value is -2.52. The van der Waals surface area contributed by atoms with Gasteiger partial charge < -0.3 is 15.2 Å². The summed E-state index contributed by atoms with van der Waals surface area (Å²) in [4.78, 5) is 16.9. The molecule has 0 amide bonds. The molecule has 11 heteroatoms. The zero-order valence-corrected chi connectivity index (χ0v) is 16.4. The molecule has 0 atom stereocenters. The Morgan fingerprint density at radius 1 is 1.07 bits per heavy atom. The van der Waals surface area contributed by atoms with Crippen LogP contribution >= 0.6 is 23.2 Å². The maximum atomic E-state index is 13.6. The SMILES string of the molecule is FC(F)(F)c1cnc(Nc2ccc(Cl)c(Cl)c2)nc1N1CCc2nc[nH]c2CC1. The van der Waals surface area contributed by atoms with Crippen LogP contribution in [0.25, 0.3) is 0 Å². The van der Waals surface area contributed by atoms with E-state index in [4.69, 9.17) is 23.2 Å². The molecular weight excluding hydrogens is 428 g/mol. The predicted molar refractivity (Wildman–Crippen MR) is 105 cm³/mol. The fourth-order valence-electron chi connectivity index (χ4n) is 3.17. The Labute approximate surface area is 174 Å². The van der Waals surface area contributed by atoms with Gasteiger partial charge in [0, 0.05) is 43.5 Å². The van der Waals surface area contributed by atoms with Crippen LogP contribution in [0.5, 0.6) is 0 Å². The highest BCUT2D eigenvalue weighted by Crippen LogP contribution is 2.36. The van der Waals surface area contributed by atoms with Crippen molar-refractivity contribution in [3.05, 3.63) is 57.7 Å². The number of anilines is 3. The normalized spacial score (nSPS) is 14.4. The van der Waals surface area contributed by atoms with Gasteiger partial charge in [-0.05, 0) is 18.2 Å². The lowest BCUT2D eigenvalue weighted by atomic mass is 10.2. The van der Waals surface area contributed by atoms with Gasteiger partial charge in [-0.1, -0.05) is 23.2 Å².